The quantitative estimate of drug-likeness (QED) is 0.748. The predicted molar refractivity (Wildman–Crippen MR) is 77.0 cm³/mol. The molecule has 0 fully saturated rings. The molecule has 0 spiro atoms. The fourth-order valence-corrected chi connectivity index (χ4v) is 2.45. The van der Waals surface area contributed by atoms with Crippen LogP contribution in [0.4, 0.5) is 5.00 Å². The first-order valence-electron chi connectivity index (χ1n) is 6.26. The van der Waals surface area contributed by atoms with Gasteiger partial charge in [-0.05, 0) is 18.1 Å². The number of carbonyl (C=O) groups excluding carboxylic acids is 2. The highest BCUT2D eigenvalue weighted by Gasteiger charge is 2.26. The lowest BCUT2D eigenvalue weighted by Crippen LogP contribution is -2.44. The maximum absolute atomic E-state index is 12.0. The Morgan fingerprint density at radius 2 is 2.00 bits per heavy atom. The van der Waals surface area contributed by atoms with Crippen molar-refractivity contribution in [2.24, 2.45) is 5.92 Å². The van der Waals surface area contributed by atoms with Crippen LogP contribution in [0.15, 0.2) is 12.1 Å². The molecule has 0 aromatic carbocycles. The highest BCUT2D eigenvalue weighted by atomic mass is 32.1. The normalized spacial score (nSPS) is 13.3. The van der Waals surface area contributed by atoms with E-state index in [2.05, 4.69) is 10.6 Å². The van der Waals surface area contributed by atoms with Gasteiger partial charge in [-0.25, -0.2) is 4.79 Å². The Hall–Kier alpha value is -1.89. The number of aliphatic carboxylic acids is 1. The zero-order valence-electron chi connectivity index (χ0n) is 11.6. The molecule has 0 radical (unpaired) electrons. The Bertz CT molecular complexity index is 512. The van der Waals surface area contributed by atoms with Gasteiger partial charge in [-0.15, -0.1) is 11.3 Å². The first kappa shape index (κ1) is 16.2. The van der Waals surface area contributed by atoms with E-state index < -0.39 is 17.9 Å². The number of amides is 2. The average Bonchev–Trinajstić information content (AvgIpc) is 2.82. The molecule has 2 atom stereocenters. The van der Waals surface area contributed by atoms with Crippen molar-refractivity contribution in [3.8, 4) is 0 Å². The number of nitrogens with one attached hydrogen (secondary N) is 2. The predicted octanol–water partition coefficient (Wildman–Crippen LogP) is 1.94. The molecular weight excluding hydrogens is 280 g/mol. The molecule has 0 saturated carbocycles. The van der Waals surface area contributed by atoms with Crippen LogP contribution in [0.2, 0.25) is 0 Å². The molecule has 110 valence electrons. The molecule has 0 unspecified atom stereocenters. The third kappa shape index (κ3) is 4.34. The number of hydrogen-bond donors (Lipinski definition) is 3. The summed E-state index contributed by atoms with van der Waals surface area (Å²) in [5.41, 5.74) is 0. The van der Waals surface area contributed by atoms with Gasteiger partial charge in [0.2, 0.25) is 5.91 Å². The van der Waals surface area contributed by atoms with Crippen molar-refractivity contribution in [1.29, 1.82) is 0 Å². The second kappa shape index (κ2) is 7.04. The van der Waals surface area contributed by atoms with Crippen LogP contribution in [-0.4, -0.2) is 28.9 Å². The van der Waals surface area contributed by atoms with Gasteiger partial charge in [0.1, 0.15) is 6.04 Å². The fourth-order valence-electron chi connectivity index (χ4n) is 1.60. The van der Waals surface area contributed by atoms with E-state index in [0.29, 0.717) is 16.3 Å². The smallest absolute Gasteiger partial charge is 0.326 e. The Morgan fingerprint density at radius 3 is 2.50 bits per heavy atom. The summed E-state index contributed by atoms with van der Waals surface area (Å²) in [5.74, 6) is -1.88. The molecule has 1 heterocycles. The minimum absolute atomic E-state index is 0.161. The topological polar surface area (TPSA) is 95.5 Å². The fraction of sp³-hybridized carbons (Fsp3) is 0.462. The summed E-state index contributed by atoms with van der Waals surface area (Å²) >= 11 is 1.11. The van der Waals surface area contributed by atoms with E-state index in [1.165, 1.54) is 6.92 Å². The van der Waals surface area contributed by atoms with Gasteiger partial charge in [-0.1, -0.05) is 20.3 Å². The first-order chi connectivity index (χ1) is 9.35. The van der Waals surface area contributed by atoms with Crippen molar-refractivity contribution in [1.82, 2.24) is 5.32 Å². The second-order valence-electron chi connectivity index (χ2n) is 4.52. The number of thiophene rings is 1. The summed E-state index contributed by atoms with van der Waals surface area (Å²) in [5, 5.41) is 14.8. The van der Waals surface area contributed by atoms with Crippen LogP contribution in [0.25, 0.3) is 0 Å². The molecule has 1 aromatic rings. The molecule has 6 nitrogen and oxygen atoms in total. The van der Waals surface area contributed by atoms with E-state index in [0.717, 1.165) is 11.3 Å². The van der Waals surface area contributed by atoms with Crippen molar-refractivity contribution in [3.63, 3.8) is 0 Å². The van der Waals surface area contributed by atoms with Gasteiger partial charge in [0.25, 0.3) is 5.91 Å². The van der Waals surface area contributed by atoms with Gasteiger partial charge in [-0.3, -0.25) is 9.59 Å². The van der Waals surface area contributed by atoms with Gasteiger partial charge in [0.15, 0.2) is 0 Å². The molecule has 0 aliphatic heterocycles. The van der Waals surface area contributed by atoms with Gasteiger partial charge < -0.3 is 15.7 Å². The van der Waals surface area contributed by atoms with E-state index in [1.807, 2.05) is 6.92 Å². The van der Waals surface area contributed by atoms with Crippen LogP contribution >= 0.6 is 11.3 Å². The summed E-state index contributed by atoms with van der Waals surface area (Å²) < 4.78 is 0. The molecular formula is C13H18N2O4S. The number of carboxylic acids is 1. The van der Waals surface area contributed by atoms with Crippen molar-refractivity contribution in [2.75, 3.05) is 5.32 Å². The van der Waals surface area contributed by atoms with Crippen LogP contribution in [0.5, 0.6) is 0 Å². The highest BCUT2D eigenvalue weighted by molar-refractivity contribution is 7.18. The third-order valence-corrected chi connectivity index (χ3v) is 3.89. The van der Waals surface area contributed by atoms with E-state index in [9.17, 15) is 14.4 Å². The minimum atomic E-state index is -1.05. The lowest BCUT2D eigenvalue weighted by molar-refractivity contribution is -0.140. The van der Waals surface area contributed by atoms with Gasteiger partial charge in [-0.2, -0.15) is 0 Å². The van der Waals surface area contributed by atoms with Crippen LogP contribution in [0.1, 0.15) is 36.9 Å². The average molecular weight is 298 g/mol. The van der Waals surface area contributed by atoms with E-state index in [4.69, 9.17) is 5.11 Å². The highest BCUT2D eigenvalue weighted by Crippen LogP contribution is 2.22. The van der Waals surface area contributed by atoms with Crippen LogP contribution in [0, 0.1) is 5.92 Å². The van der Waals surface area contributed by atoms with Gasteiger partial charge in [0, 0.05) is 6.92 Å². The van der Waals surface area contributed by atoms with E-state index >= 15 is 0 Å². The number of carboxylic acid groups (broad SMARTS) is 1. The molecule has 1 rings (SSSR count). The van der Waals surface area contributed by atoms with Crippen LogP contribution in [-0.2, 0) is 9.59 Å². The lowest BCUT2D eigenvalue weighted by Gasteiger charge is -2.19. The monoisotopic (exact) mass is 298 g/mol. The molecule has 0 saturated heterocycles. The van der Waals surface area contributed by atoms with Crippen molar-refractivity contribution >= 4 is 34.1 Å². The van der Waals surface area contributed by atoms with Gasteiger partial charge in [0.05, 0.1) is 9.88 Å². The number of anilines is 1. The first-order valence-corrected chi connectivity index (χ1v) is 7.07. The summed E-state index contributed by atoms with van der Waals surface area (Å²) in [6, 6.07) is 2.25. The lowest BCUT2D eigenvalue weighted by atomic mass is 9.99. The zero-order chi connectivity index (χ0) is 15.3. The Balaban J connectivity index is 2.76. The number of rotatable bonds is 6. The number of carbonyl (C=O) groups is 3. The SMILES string of the molecule is CC[C@H](C)[C@H](NC(=O)c1ccc(NC(C)=O)s1)C(=O)O. The summed E-state index contributed by atoms with van der Waals surface area (Å²) in [7, 11) is 0. The van der Waals surface area contributed by atoms with Crippen LogP contribution in [0.3, 0.4) is 0 Å². The Labute approximate surface area is 121 Å². The molecule has 2 amide bonds. The largest absolute Gasteiger partial charge is 0.480 e. The van der Waals surface area contributed by atoms with E-state index in [1.54, 1.807) is 19.1 Å². The van der Waals surface area contributed by atoms with E-state index in [-0.39, 0.29) is 11.8 Å². The standard InChI is InChI=1S/C13H18N2O4S/c1-4-7(2)11(13(18)19)15-12(17)9-5-6-10(20-9)14-8(3)16/h5-7,11H,4H2,1-3H3,(H,14,16)(H,15,17)(H,18,19)/t7-,11-/m0/s1. The van der Waals surface area contributed by atoms with Crippen molar-refractivity contribution in [3.05, 3.63) is 17.0 Å². The summed E-state index contributed by atoms with van der Waals surface area (Å²) in [6.07, 6.45) is 0.652. The summed E-state index contributed by atoms with van der Waals surface area (Å²) in [6.45, 7) is 5.02. The molecule has 0 aliphatic carbocycles. The molecule has 3 N–H and O–H groups in total. The molecule has 7 heteroatoms. The number of hydrogen-bond acceptors (Lipinski definition) is 4. The Morgan fingerprint density at radius 1 is 1.35 bits per heavy atom. The van der Waals surface area contributed by atoms with Crippen LogP contribution < -0.4 is 10.6 Å². The molecule has 0 aliphatic rings. The van der Waals surface area contributed by atoms with Gasteiger partial charge >= 0.3 is 5.97 Å². The minimum Gasteiger partial charge on any atom is -0.480 e. The molecule has 0 bridgehead atoms. The Kier molecular flexibility index (Phi) is 5.69. The summed E-state index contributed by atoms with van der Waals surface area (Å²) in [4.78, 5) is 34.4. The van der Waals surface area contributed by atoms with Crippen molar-refractivity contribution in [2.45, 2.75) is 33.2 Å². The molecule has 1 aromatic heterocycles. The van der Waals surface area contributed by atoms with Crippen molar-refractivity contribution < 1.29 is 19.5 Å². The maximum Gasteiger partial charge on any atom is 0.326 e. The maximum atomic E-state index is 12.0. The zero-order valence-corrected chi connectivity index (χ0v) is 12.4. The second-order valence-corrected chi connectivity index (χ2v) is 5.60. The third-order valence-electron chi connectivity index (χ3n) is 2.89. The molecule has 20 heavy (non-hydrogen) atoms.